The predicted molar refractivity (Wildman–Crippen MR) is 53.8 cm³/mol. The van der Waals surface area contributed by atoms with Gasteiger partial charge < -0.3 is 21.1 Å². The van der Waals surface area contributed by atoms with Crippen LogP contribution in [0, 0.1) is 5.92 Å². The lowest BCUT2D eigenvalue weighted by atomic mass is 10.1. The summed E-state index contributed by atoms with van der Waals surface area (Å²) in [6, 6.07) is -0.317. The van der Waals surface area contributed by atoms with E-state index in [0.717, 1.165) is 39.0 Å². The van der Waals surface area contributed by atoms with Gasteiger partial charge in [0.1, 0.15) is 0 Å². The molecule has 0 aromatic rings. The summed E-state index contributed by atoms with van der Waals surface area (Å²) in [5, 5.41) is 11.8. The molecule has 0 aromatic carbocycles. The van der Waals surface area contributed by atoms with E-state index in [9.17, 15) is 4.79 Å². The van der Waals surface area contributed by atoms with E-state index in [-0.39, 0.29) is 12.6 Å². The Morgan fingerprint density at radius 2 is 2.43 bits per heavy atom. The summed E-state index contributed by atoms with van der Waals surface area (Å²) in [5.74, 6) is 0.515. The van der Waals surface area contributed by atoms with Gasteiger partial charge in [0, 0.05) is 19.7 Å². The first-order valence-electron chi connectivity index (χ1n) is 5.10. The largest absolute Gasteiger partial charge is 0.396 e. The van der Waals surface area contributed by atoms with E-state index in [1.807, 2.05) is 0 Å². The highest BCUT2D eigenvalue weighted by molar-refractivity contribution is 5.72. The molecular formula is C9H19N3O2. The number of urea groups is 1. The molecule has 5 heteroatoms. The summed E-state index contributed by atoms with van der Waals surface area (Å²) in [4.78, 5) is 12.5. The number of nitrogens with zero attached hydrogens (tertiary/aromatic N) is 1. The summed E-state index contributed by atoms with van der Waals surface area (Å²) in [5.41, 5.74) is 5.17. The number of nitrogens with two attached hydrogens (primary N) is 1. The fourth-order valence-corrected chi connectivity index (χ4v) is 1.71. The highest BCUT2D eigenvalue weighted by Crippen LogP contribution is 2.14. The highest BCUT2D eigenvalue weighted by atomic mass is 16.3. The number of rotatable bonds is 5. The van der Waals surface area contributed by atoms with Gasteiger partial charge in [-0.3, -0.25) is 0 Å². The average molecular weight is 201 g/mol. The van der Waals surface area contributed by atoms with Crippen molar-refractivity contribution in [2.75, 3.05) is 32.8 Å². The molecule has 1 atom stereocenters. The first-order valence-corrected chi connectivity index (χ1v) is 5.10. The molecule has 1 rings (SSSR count). The quantitative estimate of drug-likeness (QED) is 0.518. The number of hydrogen-bond donors (Lipinski definition) is 3. The number of carbonyl (C=O) groups is 1. The van der Waals surface area contributed by atoms with Crippen LogP contribution in [0.4, 0.5) is 4.79 Å². The Morgan fingerprint density at radius 1 is 1.64 bits per heavy atom. The highest BCUT2D eigenvalue weighted by Gasteiger charge is 2.23. The Hall–Kier alpha value is -0.810. The van der Waals surface area contributed by atoms with Crippen molar-refractivity contribution < 1.29 is 9.90 Å². The Morgan fingerprint density at radius 3 is 3.00 bits per heavy atom. The van der Waals surface area contributed by atoms with Crippen LogP contribution >= 0.6 is 0 Å². The summed E-state index contributed by atoms with van der Waals surface area (Å²) in [7, 11) is 0. The Labute approximate surface area is 84.3 Å². The smallest absolute Gasteiger partial charge is 0.314 e. The minimum Gasteiger partial charge on any atom is -0.396 e. The summed E-state index contributed by atoms with van der Waals surface area (Å²) < 4.78 is 0. The Kier molecular flexibility index (Phi) is 4.69. The van der Waals surface area contributed by atoms with Crippen LogP contribution in [0.25, 0.3) is 0 Å². The zero-order chi connectivity index (χ0) is 10.4. The molecule has 0 aromatic heterocycles. The molecule has 1 saturated heterocycles. The number of amides is 2. The summed E-state index contributed by atoms with van der Waals surface area (Å²) in [6.07, 6.45) is 1.81. The molecule has 0 aliphatic carbocycles. The van der Waals surface area contributed by atoms with Gasteiger partial charge in [0.05, 0.1) is 0 Å². The lowest BCUT2D eigenvalue weighted by Gasteiger charge is -2.13. The number of nitrogens with one attached hydrogen (secondary N) is 1. The first-order chi connectivity index (χ1) is 6.74. The van der Waals surface area contributed by atoms with Crippen LogP contribution in [0.15, 0.2) is 0 Å². The number of aliphatic hydroxyl groups is 1. The van der Waals surface area contributed by atoms with Gasteiger partial charge >= 0.3 is 6.03 Å². The molecule has 14 heavy (non-hydrogen) atoms. The van der Waals surface area contributed by atoms with E-state index in [2.05, 4.69) is 5.32 Å². The van der Waals surface area contributed by atoms with E-state index in [1.54, 1.807) is 4.90 Å². The maximum absolute atomic E-state index is 10.8. The van der Waals surface area contributed by atoms with Crippen molar-refractivity contribution in [2.45, 2.75) is 12.8 Å². The van der Waals surface area contributed by atoms with Gasteiger partial charge in [-0.25, -0.2) is 4.79 Å². The molecule has 0 bridgehead atoms. The zero-order valence-corrected chi connectivity index (χ0v) is 8.41. The van der Waals surface area contributed by atoms with E-state index < -0.39 is 0 Å². The lowest BCUT2D eigenvalue weighted by Crippen LogP contribution is -2.34. The summed E-state index contributed by atoms with van der Waals surface area (Å²) in [6.45, 7) is 3.52. The van der Waals surface area contributed by atoms with Gasteiger partial charge in [0.25, 0.3) is 0 Å². The molecule has 0 saturated carbocycles. The molecule has 0 spiro atoms. The Balaban J connectivity index is 2.07. The average Bonchev–Trinajstić information content (AvgIpc) is 2.61. The molecule has 1 heterocycles. The van der Waals surface area contributed by atoms with Crippen LogP contribution in [-0.4, -0.2) is 48.8 Å². The molecule has 4 N–H and O–H groups in total. The number of hydrogen-bond acceptors (Lipinski definition) is 3. The monoisotopic (exact) mass is 201 g/mol. The maximum Gasteiger partial charge on any atom is 0.314 e. The van der Waals surface area contributed by atoms with E-state index in [1.165, 1.54) is 0 Å². The van der Waals surface area contributed by atoms with Gasteiger partial charge in [0.2, 0.25) is 0 Å². The van der Waals surface area contributed by atoms with Crippen molar-refractivity contribution in [1.29, 1.82) is 0 Å². The van der Waals surface area contributed by atoms with E-state index in [4.69, 9.17) is 10.8 Å². The zero-order valence-electron chi connectivity index (χ0n) is 8.41. The van der Waals surface area contributed by atoms with Crippen molar-refractivity contribution >= 4 is 6.03 Å². The SMILES string of the molecule is NC(=O)N1CCC(CNCCCO)C1. The summed E-state index contributed by atoms with van der Waals surface area (Å²) >= 11 is 0. The third-order valence-corrected chi connectivity index (χ3v) is 2.54. The van der Waals surface area contributed by atoms with E-state index in [0.29, 0.717) is 5.92 Å². The minimum atomic E-state index is -0.317. The third kappa shape index (κ3) is 3.51. The minimum absolute atomic E-state index is 0.227. The molecule has 82 valence electrons. The van der Waals surface area contributed by atoms with Gasteiger partial charge in [-0.15, -0.1) is 0 Å². The van der Waals surface area contributed by atoms with Gasteiger partial charge in [-0.1, -0.05) is 0 Å². The lowest BCUT2D eigenvalue weighted by molar-refractivity contribution is 0.216. The number of carbonyl (C=O) groups excluding carboxylic acids is 1. The van der Waals surface area contributed by atoms with Crippen molar-refractivity contribution in [3.63, 3.8) is 0 Å². The van der Waals surface area contributed by atoms with Crippen LogP contribution < -0.4 is 11.1 Å². The van der Waals surface area contributed by atoms with E-state index >= 15 is 0 Å². The molecule has 1 unspecified atom stereocenters. The number of likely N-dealkylation sites (tertiary alicyclic amines) is 1. The maximum atomic E-state index is 10.8. The van der Waals surface area contributed by atoms with Gasteiger partial charge in [-0.05, 0) is 31.8 Å². The molecule has 2 amide bonds. The first kappa shape index (κ1) is 11.3. The molecule has 1 fully saturated rings. The predicted octanol–water partition coefficient (Wildman–Crippen LogP) is -0.641. The topological polar surface area (TPSA) is 78.6 Å². The molecule has 0 radical (unpaired) electrons. The second kappa shape index (κ2) is 5.82. The Bertz CT molecular complexity index is 187. The van der Waals surface area contributed by atoms with Crippen LogP contribution in [0.1, 0.15) is 12.8 Å². The second-order valence-electron chi connectivity index (χ2n) is 3.72. The van der Waals surface area contributed by atoms with Gasteiger partial charge in [-0.2, -0.15) is 0 Å². The van der Waals surface area contributed by atoms with Crippen molar-refractivity contribution in [1.82, 2.24) is 10.2 Å². The van der Waals surface area contributed by atoms with Crippen LogP contribution in [-0.2, 0) is 0 Å². The molecular weight excluding hydrogens is 182 g/mol. The standard InChI is InChI=1S/C9H19N3O2/c10-9(14)12-4-2-8(7-12)6-11-3-1-5-13/h8,11,13H,1-7H2,(H2,10,14). The second-order valence-corrected chi connectivity index (χ2v) is 3.72. The van der Waals surface area contributed by atoms with Crippen molar-refractivity contribution in [2.24, 2.45) is 11.7 Å². The van der Waals surface area contributed by atoms with Crippen LogP contribution in [0.2, 0.25) is 0 Å². The van der Waals surface area contributed by atoms with Crippen molar-refractivity contribution in [3.8, 4) is 0 Å². The fourth-order valence-electron chi connectivity index (χ4n) is 1.71. The third-order valence-electron chi connectivity index (χ3n) is 2.54. The number of aliphatic hydroxyl groups excluding tert-OH is 1. The molecule has 1 aliphatic rings. The normalized spacial score (nSPS) is 21.5. The van der Waals surface area contributed by atoms with Gasteiger partial charge in [0.15, 0.2) is 0 Å². The molecule has 1 aliphatic heterocycles. The fraction of sp³-hybridized carbons (Fsp3) is 0.889. The number of primary amides is 1. The van der Waals surface area contributed by atoms with Crippen LogP contribution in [0.3, 0.4) is 0 Å². The molecule has 5 nitrogen and oxygen atoms in total. The van der Waals surface area contributed by atoms with Crippen molar-refractivity contribution in [3.05, 3.63) is 0 Å². The van der Waals surface area contributed by atoms with Crippen LogP contribution in [0.5, 0.6) is 0 Å².